The lowest BCUT2D eigenvalue weighted by molar-refractivity contribution is -0.198. The van der Waals surface area contributed by atoms with Gasteiger partial charge in [0.05, 0.1) is 12.2 Å². The van der Waals surface area contributed by atoms with Crippen LogP contribution in [0.1, 0.15) is 92.4 Å². The van der Waals surface area contributed by atoms with Gasteiger partial charge >= 0.3 is 0 Å². The number of aliphatic hydroxyl groups excluding tert-OH is 1. The summed E-state index contributed by atoms with van der Waals surface area (Å²) in [6.07, 6.45) is 11.0. The molecule has 2 heteroatoms. The average molecular weight is 386 g/mol. The quantitative estimate of drug-likeness (QED) is 0.607. The molecule has 0 aromatic heterocycles. The summed E-state index contributed by atoms with van der Waals surface area (Å²) in [5, 5.41) is 21.0. The van der Waals surface area contributed by atoms with Gasteiger partial charge in [0.1, 0.15) is 0 Å². The second-order valence-corrected chi connectivity index (χ2v) is 11.9. The lowest BCUT2D eigenvalue weighted by atomic mass is 9.41. The van der Waals surface area contributed by atoms with E-state index in [0.29, 0.717) is 52.8 Å². The van der Waals surface area contributed by atoms with Crippen LogP contribution in [0.3, 0.4) is 0 Å². The Morgan fingerprint density at radius 1 is 1.04 bits per heavy atom. The molecule has 158 valence electrons. The van der Waals surface area contributed by atoms with Crippen LogP contribution in [0, 0.1) is 69.5 Å². The normalized spacial score (nSPS) is 54.2. The van der Waals surface area contributed by atoms with E-state index in [1.165, 1.54) is 44.9 Å². The Morgan fingerprint density at radius 3 is 2.39 bits per heavy atom. The van der Waals surface area contributed by atoms with E-state index in [2.05, 4.69) is 40.7 Å². The van der Waals surface area contributed by atoms with Crippen molar-refractivity contribution in [3.8, 4) is 6.07 Å². The molecule has 4 unspecified atom stereocenters. The van der Waals surface area contributed by atoms with E-state index in [-0.39, 0.29) is 6.10 Å². The van der Waals surface area contributed by atoms with Crippen molar-refractivity contribution in [1.29, 1.82) is 5.26 Å². The summed E-state index contributed by atoms with van der Waals surface area (Å²) in [6, 6.07) is 2.44. The molecule has 4 aliphatic carbocycles. The zero-order valence-corrected chi connectivity index (χ0v) is 19.0. The highest BCUT2D eigenvalue weighted by atomic mass is 16.3. The van der Waals surface area contributed by atoms with Crippen LogP contribution < -0.4 is 0 Å². The van der Waals surface area contributed by atoms with Crippen LogP contribution in [0.4, 0.5) is 0 Å². The number of fused-ring (bicyclic) bond motifs is 5. The molecular weight excluding hydrogens is 342 g/mol. The summed E-state index contributed by atoms with van der Waals surface area (Å²) in [6.45, 7) is 12.2. The summed E-state index contributed by atoms with van der Waals surface area (Å²) in [5.41, 5.74) is 0.774. The monoisotopic (exact) mass is 385 g/mol. The minimum atomic E-state index is -0.104. The van der Waals surface area contributed by atoms with Gasteiger partial charge in [0.15, 0.2) is 0 Å². The Morgan fingerprint density at radius 2 is 1.71 bits per heavy atom. The minimum absolute atomic E-state index is 0.104. The highest BCUT2D eigenvalue weighted by Crippen LogP contribution is 2.69. The maximum atomic E-state index is 11.7. The first-order chi connectivity index (χ1) is 13.3. The van der Waals surface area contributed by atoms with Crippen LogP contribution in [-0.4, -0.2) is 11.2 Å². The lowest BCUT2D eigenvalue weighted by Crippen LogP contribution is -2.61. The molecular formula is C26H43NO. The van der Waals surface area contributed by atoms with Crippen LogP contribution in [0.5, 0.6) is 0 Å². The van der Waals surface area contributed by atoms with E-state index >= 15 is 0 Å². The first-order valence-corrected chi connectivity index (χ1v) is 12.3. The second-order valence-electron chi connectivity index (χ2n) is 11.9. The fraction of sp³-hybridized carbons (Fsp3) is 0.962. The van der Waals surface area contributed by atoms with E-state index < -0.39 is 0 Å². The lowest BCUT2D eigenvalue weighted by Gasteiger charge is -2.65. The van der Waals surface area contributed by atoms with Gasteiger partial charge in [0, 0.05) is 6.42 Å². The summed E-state index contributed by atoms with van der Waals surface area (Å²) in [5.74, 6) is 5.08. The van der Waals surface area contributed by atoms with Gasteiger partial charge in [-0.15, -0.1) is 0 Å². The summed E-state index contributed by atoms with van der Waals surface area (Å²) in [7, 11) is 0. The molecule has 4 saturated carbocycles. The van der Waals surface area contributed by atoms with E-state index in [4.69, 9.17) is 0 Å². The van der Waals surface area contributed by atoms with Crippen molar-refractivity contribution in [3.05, 3.63) is 0 Å². The average Bonchev–Trinajstić information content (AvgIpc) is 3.01. The zero-order valence-electron chi connectivity index (χ0n) is 19.0. The number of hydrogen-bond donors (Lipinski definition) is 1. The fourth-order valence-corrected chi connectivity index (χ4v) is 9.44. The Labute approximate surface area is 173 Å². The zero-order chi connectivity index (χ0) is 20.3. The van der Waals surface area contributed by atoms with Gasteiger partial charge in [-0.1, -0.05) is 47.5 Å². The predicted octanol–water partition coefficient (Wildman–Crippen LogP) is 6.44. The smallest absolute Gasteiger partial charge is 0.0624 e. The summed E-state index contributed by atoms with van der Waals surface area (Å²) < 4.78 is 0. The first-order valence-electron chi connectivity index (χ1n) is 12.3. The molecule has 0 aromatic carbocycles. The number of aliphatic hydroxyl groups is 1. The summed E-state index contributed by atoms with van der Waals surface area (Å²) in [4.78, 5) is 0. The second kappa shape index (κ2) is 7.30. The van der Waals surface area contributed by atoms with Gasteiger partial charge < -0.3 is 5.11 Å². The molecule has 0 saturated heterocycles. The van der Waals surface area contributed by atoms with Crippen molar-refractivity contribution in [2.75, 3.05) is 0 Å². The van der Waals surface area contributed by atoms with Gasteiger partial charge in [-0.05, 0) is 96.7 Å². The van der Waals surface area contributed by atoms with Crippen molar-refractivity contribution in [3.63, 3.8) is 0 Å². The van der Waals surface area contributed by atoms with Gasteiger partial charge in [-0.2, -0.15) is 5.26 Å². The predicted molar refractivity (Wildman–Crippen MR) is 114 cm³/mol. The van der Waals surface area contributed by atoms with Crippen LogP contribution in [-0.2, 0) is 0 Å². The summed E-state index contributed by atoms with van der Waals surface area (Å²) >= 11 is 0. The number of hydrogen-bond acceptors (Lipinski definition) is 2. The Hall–Kier alpha value is -0.550. The van der Waals surface area contributed by atoms with E-state index in [0.717, 1.165) is 18.3 Å². The third-order valence-corrected chi connectivity index (χ3v) is 10.9. The Balaban J connectivity index is 1.68. The van der Waals surface area contributed by atoms with Crippen molar-refractivity contribution >= 4 is 0 Å². The molecule has 0 spiro atoms. The molecule has 0 heterocycles. The van der Waals surface area contributed by atoms with Gasteiger partial charge in [0.25, 0.3) is 0 Å². The molecule has 0 aliphatic heterocycles. The molecule has 4 rings (SSSR count). The maximum Gasteiger partial charge on any atom is 0.0624 e. The standard InChI is InChI=1S/C26H43NO/c1-6-18-22-15-16(2)9-12-26(22,5)21-10-13-25(4)19(17(3)11-14-27)7-8-20(25)23(21)24(18)28/h16-24,28H,6-13,15H2,1-5H3/t16-,17-,18-,19-,20?,21?,22+,23?,24?,25-,26-/m1/s1. The number of rotatable bonds is 3. The van der Waals surface area contributed by atoms with E-state index in [9.17, 15) is 10.4 Å². The Bertz CT molecular complexity index is 624. The van der Waals surface area contributed by atoms with Crippen LogP contribution in [0.25, 0.3) is 0 Å². The third-order valence-electron chi connectivity index (χ3n) is 10.9. The van der Waals surface area contributed by atoms with Gasteiger partial charge in [-0.25, -0.2) is 0 Å². The number of nitrogens with zero attached hydrogens (tertiary/aromatic N) is 1. The van der Waals surface area contributed by atoms with Gasteiger partial charge in [0.2, 0.25) is 0 Å². The van der Waals surface area contributed by atoms with E-state index in [1.807, 2.05) is 0 Å². The molecule has 2 nitrogen and oxygen atoms in total. The number of nitriles is 1. The molecule has 28 heavy (non-hydrogen) atoms. The van der Waals surface area contributed by atoms with E-state index in [1.54, 1.807) is 0 Å². The van der Waals surface area contributed by atoms with Crippen molar-refractivity contribution in [2.24, 2.45) is 58.2 Å². The molecule has 4 aliphatic rings. The Kier molecular flexibility index (Phi) is 5.40. The fourth-order valence-electron chi connectivity index (χ4n) is 9.44. The largest absolute Gasteiger partial charge is 0.393 e. The third kappa shape index (κ3) is 2.82. The molecule has 0 radical (unpaired) electrons. The SMILES string of the molecule is CC[C@H]1C(O)C2C3CC[C@H]([C@H](C)CC#N)[C@@]3(C)CCC2[C@@]2(C)CC[C@@H](C)C[C@@H]12. The van der Waals surface area contributed by atoms with Crippen molar-refractivity contribution < 1.29 is 5.11 Å². The van der Waals surface area contributed by atoms with Crippen molar-refractivity contribution in [1.82, 2.24) is 0 Å². The molecule has 4 fully saturated rings. The van der Waals surface area contributed by atoms with Crippen LogP contribution >= 0.6 is 0 Å². The van der Waals surface area contributed by atoms with Crippen LogP contribution in [0.2, 0.25) is 0 Å². The molecule has 0 aromatic rings. The highest BCUT2D eigenvalue weighted by Gasteiger charge is 2.64. The van der Waals surface area contributed by atoms with Crippen LogP contribution in [0.15, 0.2) is 0 Å². The van der Waals surface area contributed by atoms with Gasteiger partial charge in [-0.3, -0.25) is 0 Å². The van der Waals surface area contributed by atoms with Crippen molar-refractivity contribution in [2.45, 2.75) is 98.5 Å². The molecule has 0 bridgehead atoms. The molecule has 0 amide bonds. The topological polar surface area (TPSA) is 44.0 Å². The maximum absolute atomic E-state index is 11.7. The first kappa shape index (κ1) is 20.7. The molecule has 11 atom stereocenters. The molecule has 1 N–H and O–H groups in total. The highest BCUT2D eigenvalue weighted by molar-refractivity contribution is 5.13. The minimum Gasteiger partial charge on any atom is -0.393 e.